The highest BCUT2D eigenvalue weighted by atomic mass is 35.5. The summed E-state index contributed by atoms with van der Waals surface area (Å²) in [6.45, 7) is 0. The van der Waals surface area contributed by atoms with E-state index in [9.17, 15) is 0 Å². The quantitative estimate of drug-likeness (QED) is 0.580. The first kappa shape index (κ1) is 6.91. The maximum atomic E-state index is 8.11. The lowest BCUT2D eigenvalue weighted by Crippen LogP contribution is -1.80. The summed E-state index contributed by atoms with van der Waals surface area (Å²) in [7, 11) is 0. The molecule has 0 heterocycles. The van der Waals surface area contributed by atoms with E-state index in [4.69, 9.17) is 16.9 Å². The molecule has 0 aliphatic carbocycles. The molecule has 0 fully saturated rings. The van der Waals surface area contributed by atoms with Gasteiger partial charge in [0, 0.05) is 0 Å². The molecule has 0 bridgehead atoms. The van der Waals surface area contributed by atoms with Gasteiger partial charge in [0.25, 0.3) is 6.26 Å². The van der Waals surface area contributed by atoms with Crippen molar-refractivity contribution in [2.75, 3.05) is 0 Å². The molecule has 0 amide bonds. The molecule has 0 spiro atoms. The van der Waals surface area contributed by atoms with Crippen molar-refractivity contribution in [2.24, 2.45) is 0 Å². The van der Waals surface area contributed by atoms with E-state index < -0.39 is 0 Å². The fourth-order valence-electron chi connectivity index (χ4n) is 0.577. The van der Waals surface area contributed by atoms with Crippen molar-refractivity contribution < 1.29 is 4.74 Å². The minimum absolute atomic E-state index is 0.395. The standard InChI is InChI=1S/C7H4ClNO/c8-6-3-1-2-4-7(6)10-5-9/h1-4H. The minimum atomic E-state index is 0.395. The Morgan fingerprint density at radius 1 is 1.40 bits per heavy atom. The Labute approximate surface area is 63.6 Å². The third kappa shape index (κ3) is 1.40. The molecule has 0 saturated carbocycles. The molecule has 0 atom stereocenters. The van der Waals surface area contributed by atoms with Crippen LogP contribution in [0.4, 0.5) is 0 Å². The average Bonchev–Trinajstić information content (AvgIpc) is 1.94. The number of hydrogen-bond donors (Lipinski definition) is 0. The van der Waals surface area contributed by atoms with Crippen molar-refractivity contribution in [3.05, 3.63) is 29.3 Å². The smallest absolute Gasteiger partial charge is 0.292 e. The van der Waals surface area contributed by atoms with Gasteiger partial charge in [-0.3, -0.25) is 0 Å². The molecule has 1 aromatic carbocycles. The van der Waals surface area contributed by atoms with E-state index in [1.807, 2.05) is 0 Å². The fraction of sp³-hybridized carbons (Fsp3) is 0. The molecule has 1 rings (SSSR count). The van der Waals surface area contributed by atoms with Crippen molar-refractivity contribution >= 4 is 11.6 Å². The van der Waals surface area contributed by atoms with Crippen LogP contribution in [0.2, 0.25) is 5.02 Å². The fourth-order valence-corrected chi connectivity index (χ4v) is 0.751. The molecule has 2 nitrogen and oxygen atoms in total. The van der Waals surface area contributed by atoms with E-state index in [-0.39, 0.29) is 0 Å². The summed E-state index contributed by atoms with van der Waals surface area (Å²) in [5.74, 6) is 0.395. The number of ether oxygens (including phenoxy) is 1. The van der Waals surface area contributed by atoms with Crippen molar-refractivity contribution in [1.82, 2.24) is 0 Å². The normalized spacial score (nSPS) is 8.40. The molecule has 0 aliphatic rings. The van der Waals surface area contributed by atoms with Crippen molar-refractivity contribution in [2.45, 2.75) is 0 Å². The zero-order valence-corrected chi connectivity index (χ0v) is 5.80. The van der Waals surface area contributed by atoms with Crippen LogP contribution in [0.25, 0.3) is 0 Å². The largest absolute Gasteiger partial charge is 0.386 e. The highest BCUT2D eigenvalue weighted by Gasteiger charge is 1.96. The van der Waals surface area contributed by atoms with Crippen LogP contribution in [-0.4, -0.2) is 0 Å². The number of hydrogen-bond acceptors (Lipinski definition) is 2. The first-order chi connectivity index (χ1) is 4.84. The van der Waals surface area contributed by atoms with Crippen LogP contribution in [0.1, 0.15) is 0 Å². The van der Waals surface area contributed by atoms with E-state index in [1.54, 1.807) is 30.5 Å². The molecule has 0 N–H and O–H groups in total. The van der Waals surface area contributed by atoms with Crippen LogP contribution in [0.5, 0.6) is 5.75 Å². The van der Waals surface area contributed by atoms with Crippen molar-refractivity contribution in [3.8, 4) is 12.0 Å². The van der Waals surface area contributed by atoms with Gasteiger partial charge in [-0.25, -0.2) is 0 Å². The van der Waals surface area contributed by atoms with Crippen molar-refractivity contribution in [1.29, 1.82) is 5.26 Å². The van der Waals surface area contributed by atoms with Gasteiger partial charge in [0.15, 0.2) is 5.75 Å². The van der Waals surface area contributed by atoms with Crippen LogP contribution in [0.3, 0.4) is 0 Å². The summed E-state index contributed by atoms with van der Waals surface area (Å²) in [6.07, 6.45) is 1.54. The van der Waals surface area contributed by atoms with Gasteiger partial charge in [-0.1, -0.05) is 23.7 Å². The summed E-state index contributed by atoms with van der Waals surface area (Å²) in [5, 5.41) is 8.56. The van der Waals surface area contributed by atoms with E-state index in [2.05, 4.69) is 4.74 Å². The Morgan fingerprint density at radius 3 is 2.70 bits per heavy atom. The molecule has 10 heavy (non-hydrogen) atoms. The van der Waals surface area contributed by atoms with Gasteiger partial charge in [-0.05, 0) is 12.1 Å². The molecule has 0 aromatic heterocycles. The monoisotopic (exact) mass is 153 g/mol. The number of para-hydroxylation sites is 1. The number of nitrogens with zero attached hydrogens (tertiary/aromatic N) is 1. The second kappa shape index (κ2) is 3.09. The lowest BCUT2D eigenvalue weighted by atomic mass is 10.3. The van der Waals surface area contributed by atoms with Gasteiger partial charge in [0.1, 0.15) is 0 Å². The number of halogens is 1. The lowest BCUT2D eigenvalue weighted by molar-refractivity contribution is 0.507. The summed E-state index contributed by atoms with van der Waals surface area (Å²) >= 11 is 5.63. The number of rotatable bonds is 1. The van der Waals surface area contributed by atoms with Crippen LogP contribution >= 0.6 is 11.6 Å². The maximum absolute atomic E-state index is 8.11. The zero-order valence-electron chi connectivity index (χ0n) is 5.04. The summed E-state index contributed by atoms with van der Waals surface area (Å²) in [6, 6.07) is 6.81. The predicted molar refractivity (Wildman–Crippen MR) is 37.7 cm³/mol. The van der Waals surface area contributed by atoms with E-state index in [0.717, 1.165) is 0 Å². The second-order valence-corrected chi connectivity index (χ2v) is 2.03. The van der Waals surface area contributed by atoms with E-state index in [0.29, 0.717) is 10.8 Å². The van der Waals surface area contributed by atoms with Gasteiger partial charge in [-0.15, -0.1) is 5.26 Å². The van der Waals surface area contributed by atoms with Gasteiger partial charge in [0.05, 0.1) is 5.02 Å². The predicted octanol–water partition coefficient (Wildman–Crippen LogP) is 2.20. The van der Waals surface area contributed by atoms with E-state index in [1.165, 1.54) is 0 Å². The average molecular weight is 154 g/mol. The first-order valence-electron chi connectivity index (χ1n) is 2.65. The lowest BCUT2D eigenvalue weighted by Gasteiger charge is -1.95. The first-order valence-corrected chi connectivity index (χ1v) is 3.03. The van der Waals surface area contributed by atoms with Gasteiger partial charge >= 0.3 is 0 Å². The Morgan fingerprint density at radius 2 is 2.10 bits per heavy atom. The second-order valence-electron chi connectivity index (χ2n) is 1.62. The Hall–Kier alpha value is -1.20. The maximum Gasteiger partial charge on any atom is 0.292 e. The molecule has 0 saturated heterocycles. The SMILES string of the molecule is N#COc1ccccc1Cl. The third-order valence-corrected chi connectivity index (χ3v) is 1.30. The Balaban J connectivity index is 2.94. The molecule has 0 unspecified atom stereocenters. The van der Waals surface area contributed by atoms with Gasteiger partial charge < -0.3 is 4.74 Å². The molecule has 50 valence electrons. The molecule has 0 radical (unpaired) electrons. The minimum Gasteiger partial charge on any atom is -0.386 e. The Kier molecular flexibility index (Phi) is 2.14. The van der Waals surface area contributed by atoms with Gasteiger partial charge in [-0.2, -0.15) is 0 Å². The highest BCUT2D eigenvalue weighted by molar-refractivity contribution is 6.32. The number of nitriles is 1. The molecular formula is C7H4ClNO. The van der Waals surface area contributed by atoms with Crippen molar-refractivity contribution in [3.63, 3.8) is 0 Å². The molecular weight excluding hydrogens is 150 g/mol. The summed E-state index contributed by atoms with van der Waals surface area (Å²) in [5.41, 5.74) is 0. The topological polar surface area (TPSA) is 33.0 Å². The van der Waals surface area contributed by atoms with Crippen LogP contribution in [0.15, 0.2) is 24.3 Å². The van der Waals surface area contributed by atoms with Crippen LogP contribution < -0.4 is 4.74 Å². The highest BCUT2D eigenvalue weighted by Crippen LogP contribution is 2.22. The third-order valence-electron chi connectivity index (χ3n) is 0.992. The summed E-state index contributed by atoms with van der Waals surface area (Å²) in [4.78, 5) is 0. The number of benzene rings is 1. The summed E-state index contributed by atoms with van der Waals surface area (Å²) < 4.78 is 4.51. The van der Waals surface area contributed by atoms with Crippen LogP contribution in [0, 0.1) is 11.5 Å². The van der Waals surface area contributed by atoms with Crippen LogP contribution in [-0.2, 0) is 0 Å². The molecule has 0 aliphatic heterocycles. The molecule has 1 aromatic rings. The van der Waals surface area contributed by atoms with E-state index >= 15 is 0 Å². The van der Waals surface area contributed by atoms with Gasteiger partial charge in [0.2, 0.25) is 0 Å². The molecule has 3 heteroatoms. The zero-order chi connectivity index (χ0) is 7.40. The Bertz CT molecular complexity index is 267.